The summed E-state index contributed by atoms with van der Waals surface area (Å²) in [6, 6.07) is 26.0. The first-order valence-electron chi connectivity index (χ1n) is 10.9. The van der Waals surface area contributed by atoms with Crippen molar-refractivity contribution in [2.75, 3.05) is 5.73 Å². The highest BCUT2D eigenvalue weighted by Crippen LogP contribution is 2.48. The number of benzene rings is 3. The molecule has 5 N–H and O–H groups in total. The van der Waals surface area contributed by atoms with E-state index in [1.807, 2.05) is 60.7 Å². The minimum atomic E-state index is -0.430. The third kappa shape index (κ3) is 4.02. The van der Waals surface area contributed by atoms with E-state index in [2.05, 4.69) is 43.1 Å². The molecule has 0 aliphatic heterocycles. The molecule has 4 nitrogen and oxygen atoms in total. The second-order valence-corrected chi connectivity index (χ2v) is 9.00. The Morgan fingerprint density at radius 2 is 1.69 bits per heavy atom. The van der Waals surface area contributed by atoms with E-state index >= 15 is 0 Å². The number of allylic oxidation sites excluding steroid dienone is 1. The molecule has 1 unspecified atom stereocenters. The lowest BCUT2D eigenvalue weighted by Gasteiger charge is -2.48. The van der Waals surface area contributed by atoms with E-state index in [1.54, 1.807) is 0 Å². The molecule has 0 heterocycles. The van der Waals surface area contributed by atoms with Crippen LogP contribution < -0.4 is 11.5 Å². The number of rotatable bonds is 5. The average Bonchev–Trinajstić information content (AvgIpc) is 2.80. The lowest BCUT2D eigenvalue weighted by Crippen LogP contribution is -2.56. The van der Waals surface area contributed by atoms with Gasteiger partial charge in [-0.1, -0.05) is 67.6 Å². The van der Waals surface area contributed by atoms with Gasteiger partial charge in [0.1, 0.15) is 0 Å². The Kier molecular flexibility index (Phi) is 5.81. The summed E-state index contributed by atoms with van der Waals surface area (Å²) in [6.45, 7) is 4.35. The van der Waals surface area contributed by atoms with Crippen molar-refractivity contribution in [3.05, 3.63) is 102 Å². The van der Waals surface area contributed by atoms with Crippen molar-refractivity contribution in [1.29, 1.82) is 5.41 Å². The smallest absolute Gasteiger partial charge is 0.0884 e. The SMILES string of the molecule is CC1(N)CC=C(c2ccccc2N)C[C@@]1(C)c1cccc(/C(C=N)=N/c2ccccc2)c1. The van der Waals surface area contributed by atoms with Gasteiger partial charge < -0.3 is 16.9 Å². The highest BCUT2D eigenvalue weighted by molar-refractivity contribution is 6.37. The zero-order valence-corrected chi connectivity index (χ0v) is 18.7. The summed E-state index contributed by atoms with van der Waals surface area (Å²) in [7, 11) is 0. The summed E-state index contributed by atoms with van der Waals surface area (Å²) in [5, 5.41) is 7.95. The Balaban J connectivity index is 1.75. The van der Waals surface area contributed by atoms with Gasteiger partial charge in [-0.25, -0.2) is 4.99 Å². The van der Waals surface area contributed by atoms with Crippen molar-refractivity contribution in [3.8, 4) is 0 Å². The second-order valence-electron chi connectivity index (χ2n) is 9.00. The van der Waals surface area contributed by atoms with Crippen LogP contribution in [0.15, 0.2) is 89.9 Å². The zero-order valence-electron chi connectivity index (χ0n) is 18.7. The average molecular weight is 423 g/mol. The maximum Gasteiger partial charge on any atom is 0.0884 e. The van der Waals surface area contributed by atoms with Gasteiger partial charge in [-0.3, -0.25) is 0 Å². The lowest BCUT2D eigenvalue weighted by molar-refractivity contribution is 0.253. The van der Waals surface area contributed by atoms with Crippen LogP contribution in [0.2, 0.25) is 0 Å². The van der Waals surface area contributed by atoms with Crippen molar-refractivity contribution < 1.29 is 0 Å². The van der Waals surface area contributed by atoms with Crippen LogP contribution in [0.1, 0.15) is 43.4 Å². The zero-order chi connectivity index (χ0) is 22.8. The van der Waals surface area contributed by atoms with Crippen LogP contribution in [-0.2, 0) is 5.41 Å². The molecule has 0 saturated carbocycles. The molecular weight excluding hydrogens is 392 g/mol. The number of anilines is 1. The van der Waals surface area contributed by atoms with E-state index < -0.39 is 5.54 Å². The van der Waals surface area contributed by atoms with Gasteiger partial charge in [0.15, 0.2) is 0 Å². The molecule has 2 atom stereocenters. The number of para-hydroxylation sites is 2. The highest BCUT2D eigenvalue weighted by Gasteiger charge is 2.45. The normalized spacial score (nSPS) is 23.5. The maximum absolute atomic E-state index is 7.95. The van der Waals surface area contributed by atoms with E-state index in [-0.39, 0.29) is 5.41 Å². The molecule has 0 saturated heterocycles. The predicted molar refractivity (Wildman–Crippen MR) is 136 cm³/mol. The third-order valence-electron chi connectivity index (χ3n) is 6.82. The minimum Gasteiger partial charge on any atom is -0.398 e. The lowest BCUT2D eigenvalue weighted by atomic mass is 9.59. The Morgan fingerprint density at radius 3 is 2.41 bits per heavy atom. The van der Waals surface area contributed by atoms with Crippen LogP contribution in [0, 0.1) is 5.41 Å². The van der Waals surface area contributed by atoms with Crippen LogP contribution in [0.25, 0.3) is 5.57 Å². The molecule has 0 radical (unpaired) electrons. The van der Waals surface area contributed by atoms with Crippen LogP contribution in [0.5, 0.6) is 0 Å². The van der Waals surface area contributed by atoms with E-state index in [1.165, 1.54) is 11.8 Å². The summed E-state index contributed by atoms with van der Waals surface area (Å²) in [4.78, 5) is 4.68. The molecule has 3 aromatic carbocycles. The molecule has 0 amide bonds. The number of nitrogens with one attached hydrogen (secondary N) is 1. The van der Waals surface area contributed by atoms with Gasteiger partial charge in [-0.2, -0.15) is 0 Å². The molecule has 0 bridgehead atoms. The summed E-state index contributed by atoms with van der Waals surface area (Å²) in [5.74, 6) is 0. The Bertz CT molecular complexity index is 1190. The van der Waals surface area contributed by atoms with E-state index in [9.17, 15) is 0 Å². The van der Waals surface area contributed by atoms with E-state index in [0.29, 0.717) is 5.71 Å². The monoisotopic (exact) mass is 422 g/mol. The summed E-state index contributed by atoms with van der Waals surface area (Å²) in [6.07, 6.45) is 5.09. The fraction of sp³-hybridized carbons (Fsp3) is 0.214. The largest absolute Gasteiger partial charge is 0.398 e. The second kappa shape index (κ2) is 8.56. The first-order chi connectivity index (χ1) is 15.3. The van der Waals surface area contributed by atoms with E-state index in [4.69, 9.17) is 16.9 Å². The summed E-state index contributed by atoms with van der Waals surface area (Å²) in [5.41, 5.74) is 19.0. The predicted octanol–water partition coefficient (Wildman–Crippen LogP) is 5.89. The topological polar surface area (TPSA) is 88.2 Å². The van der Waals surface area contributed by atoms with Gasteiger partial charge in [-0.15, -0.1) is 0 Å². The number of hydrogen-bond donors (Lipinski definition) is 3. The molecule has 1 aliphatic rings. The van der Waals surface area contributed by atoms with Crippen molar-refractivity contribution in [3.63, 3.8) is 0 Å². The molecule has 4 rings (SSSR count). The maximum atomic E-state index is 7.95. The summed E-state index contributed by atoms with van der Waals surface area (Å²) < 4.78 is 0. The first-order valence-corrected chi connectivity index (χ1v) is 10.9. The molecule has 162 valence electrons. The van der Waals surface area contributed by atoms with Crippen LogP contribution in [-0.4, -0.2) is 17.5 Å². The number of hydrogen-bond acceptors (Lipinski definition) is 4. The highest BCUT2D eigenvalue weighted by atomic mass is 14.8. The van der Waals surface area contributed by atoms with Crippen LogP contribution in [0.3, 0.4) is 0 Å². The van der Waals surface area contributed by atoms with Gasteiger partial charge in [-0.05, 0) is 55.2 Å². The van der Waals surface area contributed by atoms with Crippen molar-refractivity contribution in [2.45, 2.75) is 37.6 Å². The molecule has 32 heavy (non-hydrogen) atoms. The van der Waals surface area contributed by atoms with Gasteiger partial charge in [0.25, 0.3) is 0 Å². The molecule has 1 aliphatic carbocycles. The number of nitrogen functional groups attached to an aromatic ring is 1. The van der Waals surface area contributed by atoms with Crippen molar-refractivity contribution in [1.82, 2.24) is 0 Å². The van der Waals surface area contributed by atoms with Crippen molar-refractivity contribution in [2.24, 2.45) is 10.7 Å². The summed E-state index contributed by atoms with van der Waals surface area (Å²) >= 11 is 0. The van der Waals surface area contributed by atoms with E-state index in [0.717, 1.165) is 40.9 Å². The molecule has 0 spiro atoms. The minimum absolute atomic E-state index is 0.310. The Morgan fingerprint density at radius 1 is 0.969 bits per heavy atom. The number of aliphatic imine (C=N–C) groups is 1. The third-order valence-corrected chi connectivity index (χ3v) is 6.82. The molecule has 0 aromatic heterocycles. The Hall–Kier alpha value is -3.50. The number of nitrogens with zero attached hydrogens (tertiary/aromatic N) is 1. The van der Waals surface area contributed by atoms with Gasteiger partial charge in [0.05, 0.1) is 11.4 Å². The standard InChI is InChI=1S/C28H30N4/c1-27(18-21(15-16-28(27,2)31)24-13-6-7-14-25(24)30)22-10-8-9-20(17-22)26(19-29)32-23-11-4-3-5-12-23/h3-15,17,19,29H,16,18,30-31H2,1-2H3/b29-19?,32-26+/t27-,28?/m0/s1. The first kappa shape index (κ1) is 21.7. The van der Waals surface area contributed by atoms with Gasteiger partial charge in [0, 0.05) is 34.0 Å². The Labute approximate surface area is 190 Å². The fourth-order valence-corrected chi connectivity index (χ4v) is 4.49. The van der Waals surface area contributed by atoms with Crippen molar-refractivity contribution >= 4 is 28.9 Å². The van der Waals surface area contributed by atoms with Crippen LogP contribution in [0.4, 0.5) is 11.4 Å². The molecular formula is C28H30N4. The molecule has 4 heteroatoms. The quantitative estimate of drug-likeness (QED) is 0.353. The van der Waals surface area contributed by atoms with Gasteiger partial charge in [0.2, 0.25) is 0 Å². The molecule has 3 aromatic rings. The van der Waals surface area contributed by atoms with Crippen LogP contribution >= 0.6 is 0 Å². The van der Waals surface area contributed by atoms with Gasteiger partial charge >= 0.3 is 0 Å². The molecule has 0 fully saturated rings. The fourth-order valence-electron chi connectivity index (χ4n) is 4.49. The number of nitrogens with two attached hydrogens (primary N) is 2.